The van der Waals surface area contributed by atoms with Crippen LogP contribution in [0.5, 0.6) is 0 Å². The predicted octanol–water partition coefficient (Wildman–Crippen LogP) is 5.25. The Bertz CT molecular complexity index is 1170. The number of benzene rings is 1. The maximum absolute atomic E-state index is 10.9. The first-order chi connectivity index (χ1) is 18.2. The van der Waals surface area contributed by atoms with Crippen molar-refractivity contribution in [1.82, 2.24) is 15.0 Å². The molecule has 0 radical (unpaired) electrons. The maximum atomic E-state index is 10.9. The third-order valence-electron chi connectivity index (χ3n) is 6.74. The third-order valence-corrected chi connectivity index (χ3v) is 6.74. The third kappa shape index (κ3) is 6.41. The second-order valence-electron chi connectivity index (χ2n) is 9.44. The Balaban J connectivity index is 1.32. The number of nitro benzene ring substituents is 1. The fourth-order valence-electron chi connectivity index (χ4n) is 4.71. The number of anilines is 3. The molecule has 0 bridgehead atoms. The van der Waals surface area contributed by atoms with E-state index in [2.05, 4.69) is 30.3 Å². The molecular formula is C26H32N8O3. The number of non-ortho nitro benzene ring substituents is 1. The molecule has 1 N–H and O–H groups in total. The topological polar surface area (TPSA) is 126 Å². The molecule has 3 aromatic rings. The number of nitrogens with zero attached hydrogens (tertiary/aromatic N) is 7. The van der Waals surface area contributed by atoms with Crippen molar-refractivity contribution >= 4 is 29.7 Å². The molecule has 5 rings (SSSR count). The van der Waals surface area contributed by atoms with Gasteiger partial charge in [0.15, 0.2) is 0 Å². The summed E-state index contributed by atoms with van der Waals surface area (Å²) in [5, 5.41) is 15.2. The number of aromatic nitrogens is 3. The van der Waals surface area contributed by atoms with Crippen molar-refractivity contribution in [3.63, 3.8) is 0 Å². The van der Waals surface area contributed by atoms with Crippen LogP contribution in [-0.4, -0.2) is 52.3 Å². The number of nitrogens with one attached hydrogen (secondary N) is 1. The molecule has 11 nitrogen and oxygen atoms in total. The Hall–Kier alpha value is -4.02. The Labute approximate surface area is 215 Å². The summed E-state index contributed by atoms with van der Waals surface area (Å²) in [6.07, 6.45) is 11.1. The highest BCUT2D eigenvalue weighted by Crippen LogP contribution is 2.25. The highest BCUT2D eigenvalue weighted by molar-refractivity contribution is 5.78. The van der Waals surface area contributed by atoms with Gasteiger partial charge in [0.1, 0.15) is 11.5 Å². The fraction of sp³-hybridized carbons (Fsp3) is 0.462. The van der Waals surface area contributed by atoms with Crippen molar-refractivity contribution in [3.8, 4) is 11.3 Å². The Morgan fingerprint density at radius 3 is 1.92 bits per heavy atom. The monoisotopic (exact) mass is 504 g/mol. The lowest BCUT2D eigenvalue weighted by Gasteiger charge is -2.24. The van der Waals surface area contributed by atoms with Crippen LogP contribution in [0.15, 0.2) is 45.9 Å². The van der Waals surface area contributed by atoms with Gasteiger partial charge in [-0.3, -0.25) is 10.1 Å². The van der Waals surface area contributed by atoms with E-state index in [-0.39, 0.29) is 5.69 Å². The van der Waals surface area contributed by atoms with Crippen LogP contribution >= 0.6 is 0 Å². The minimum Gasteiger partial charge on any atom is -0.455 e. The second-order valence-corrected chi connectivity index (χ2v) is 9.44. The summed E-state index contributed by atoms with van der Waals surface area (Å²) in [5.41, 5.74) is 3.76. The summed E-state index contributed by atoms with van der Waals surface area (Å²) in [6.45, 7) is 3.79. The number of rotatable bonds is 7. The van der Waals surface area contributed by atoms with Gasteiger partial charge in [0.25, 0.3) is 5.69 Å². The van der Waals surface area contributed by atoms with E-state index in [1.165, 1.54) is 37.8 Å². The van der Waals surface area contributed by atoms with Crippen LogP contribution in [0.3, 0.4) is 0 Å². The van der Waals surface area contributed by atoms with Crippen LogP contribution in [0.1, 0.15) is 57.1 Å². The van der Waals surface area contributed by atoms with Gasteiger partial charge in [-0.1, -0.05) is 25.7 Å². The quantitative estimate of drug-likeness (QED) is 0.261. The standard InChI is InChI=1S/C26H32N8O3/c35-34(36)21-11-9-20(10-12-21)23-14-13-22(37-23)19-27-31-24-28-25(32-15-5-1-2-6-16-32)30-26(29-24)33-17-7-3-4-8-18-33/h9-14,19H,1-8,15-18H2,(H,28,29,30,31)/b27-19+. The molecule has 37 heavy (non-hydrogen) atoms. The fourth-order valence-corrected chi connectivity index (χ4v) is 4.71. The molecule has 0 spiro atoms. The normalized spacial score (nSPS) is 17.0. The minimum absolute atomic E-state index is 0.0396. The van der Waals surface area contributed by atoms with E-state index >= 15 is 0 Å². The molecule has 2 saturated heterocycles. The van der Waals surface area contributed by atoms with Crippen LogP contribution in [0, 0.1) is 10.1 Å². The number of hydrazone groups is 1. The van der Waals surface area contributed by atoms with Crippen molar-refractivity contribution in [2.75, 3.05) is 41.4 Å². The van der Waals surface area contributed by atoms with Crippen LogP contribution in [0.2, 0.25) is 0 Å². The minimum atomic E-state index is -0.423. The first kappa shape index (κ1) is 24.7. The van der Waals surface area contributed by atoms with E-state index in [4.69, 9.17) is 9.40 Å². The lowest BCUT2D eigenvalue weighted by atomic mass is 10.1. The average Bonchev–Trinajstić information content (AvgIpc) is 3.10. The number of hydrogen-bond acceptors (Lipinski definition) is 10. The van der Waals surface area contributed by atoms with Gasteiger partial charge < -0.3 is 14.2 Å². The molecule has 0 amide bonds. The maximum Gasteiger partial charge on any atom is 0.269 e. The van der Waals surface area contributed by atoms with Crippen LogP contribution in [0.4, 0.5) is 23.5 Å². The van der Waals surface area contributed by atoms with Crippen molar-refractivity contribution < 1.29 is 9.34 Å². The Morgan fingerprint density at radius 2 is 1.38 bits per heavy atom. The molecule has 2 aliphatic heterocycles. The summed E-state index contributed by atoms with van der Waals surface area (Å²) >= 11 is 0. The molecule has 2 aromatic heterocycles. The molecule has 0 unspecified atom stereocenters. The molecule has 0 aliphatic carbocycles. The zero-order valence-electron chi connectivity index (χ0n) is 20.9. The zero-order valence-corrected chi connectivity index (χ0v) is 20.9. The predicted molar refractivity (Wildman–Crippen MR) is 143 cm³/mol. The molecular weight excluding hydrogens is 472 g/mol. The lowest BCUT2D eigenvalue weighted by Crippen LogP contribution is -2.30. The van der Waals surface area contributed by atoms with Gasteiger partial charge in [-0.2, -0.15) is 20.1 Å². The summed E-state index contributed by atoms with van der Waals surface area (Å²) < 4.78 is 5.84. The van der Waals surface area contributed by atoms with Crippen molar-refractivity contribution in [1.29, 1.82) is 0 Å². The molecule has 11 heteroatoms. The molecule has 1 aromatic carbocycles. The van der Waals surface area contributed by atoms with E-state index in [9.17, 15) is 10.1 Å². The number of hydrogen-bond donors (Lipinski definition) is 1. The summed E-state index contributed by atoms with van der Waals surface area (Å²) in [5.74, 6) is 2.95. The van der Waals surface area contributed by atoms with Crippen molar-refractivity contribution in [2.24, 2.45) is 5.10 Å². The van der Waals surface area contributed by atoms with E-state index in [0.29, 0.717) is 29.4 Å². The SMILES string of the molecule is O=[N+]([O-])c1ccc(-c2ccc(/C=N/Nc3nc(N4CCCCCC4)nc(N4CCCCCC4)n3)o2)cc1. The Morgan fingerprint density at radius 1 is 0.811 bits per heavy atom. The zero-order chi connectivity index (χ0) is 25.5. The van der Waals surface area contributed by atoms with Gasteiger partial charge in [0.05, 0.1) is 11.1 Å². The van der Waals surface area contributed by atoms with Gasteiger partial charge in [-0.05, 0) is 49.9 Å². The van der Waals surface area contributed by atoms with Crippen molar-refractivity contribution in [2.45, 2.75) is 51.4 Å². The van der Waals surface area contributed by atoms with Crippen LogP contribution < -0.4 is 15.2 Å². The van der Waals surface area contributed by atoms with E-state index in [1.54, 1.807) is 30.5 Å². The van der Waals surface area contributed by atoms with Gasteiger partial charge in [0, 0.05) is 43.9 Å². The summed E-state index contributed by atoms with van der Waals surface area (Å²) in [6, 6.07) is 9.84. The first-order valence-electron chi connectivity index (χ1n) is 13.1. The highest BCUT2D eigenvalue weighted by Gasteiger charge is 2.19. The average molecular weight is 505 g/mol. The van der Waals surface area contributed by atoms with Crippen LogP contribution in [0.25, 0.3) is 11.3 Å². The molecule has 0 saturated carbocycles. The highest BCUT2D eigenvalue weighted by atomic mass is 16.6. The summed E-state index contributed by atoms with van der Waals surface area (Å²) in [4.78, 5) is 29.2. The van der Waals surface area contributed by atoms with Gasteiger partial charge in [0.2, 0.25) is 17.8 Å². The summed E-state index contributed by atoms with van der Waals surface area (Å²) in [7, 11) is 0. The van der Waals surface area contributed by atoms with Gasteiger partial charge in [-0.25, -0.2) is 5.43 Å². The smallest absolute Gasteiger partial charge is 0.269 e. The van der Waals surface area contributed by atoms with E-state index in [0.717, 1.165) is 57.4 Å². The Kier molecular flexibility index (Phi) is 7.87. The molecule has 4 heterocycles. The number of furan rings is 1. The van der Waals surface area contributed by atoms with Gasteiger partial charge in [-0.15, -0.1) is 0 Å². The lowest BCUT2D eigenvalue weighted by molar-refractivity contribution is -0.384. The van der Waals surface area contributed by atoms with E-state index < -0.39 is 4.92 Å². The number of nitro groups is 1. The molecule has 2 fully saturated rings. The molecule has 2 aliphatic rings. The molecule has 0 atom stereocenters. The van der Waals surface area contributed by atoms with E-state index in [1.807, 2.05) is 0 Å². The largest absolute Gasteiger partial charge is 0.455 e. The van der Waals surface area contributed by atoms with Crippen LogP contribution in [-0.2, 0) is 0 Å². The second kappa shape index (κ2) is 11.8. The molecule has 194 valence electrons. The first-order valence-corrected chi connectivity index (χ1v) is 13.1. The van der Waals surface area contributed by atoms with Gasteiger partial charge >= 0.3 is 0 Å². The van der Waals surface area contributed by atoms with Crippen molar-refractivity contribution in [3.05, 3.63) is 52.3 Å².